The van der Waals surface area contributed by atoms with E-state index in [1.807, 2.05) is 13.0 Å². The molecule has 1 N–H and O–H groups in total. The van der Waals surface area contributed by atoms with Gasteiger partial charge in [0.1, 0.15) is 5.82 Å². The van der Waals surface area contributed by atoms with E-state index in [1.165, 1.54) is 11.0 Å². The van der Waals surface area contributed by atoms with Crippen LogP contribution in [0.1, 0.15) is 11.1 Å². The van der Waals surface area contributed by atoms with Crippen molar-refractivity contribution in [2.24, 2.45) is 0 Å². The molecule has 2 rings (SSSR count). The third kappa shape index (κ3) is 3.26. The minimum atomic E-state index is -0.180. The maximum Gasteiger partial charge on any atom is 0.123 e. The van der Waals surface area contributed by atoms with Gasteiger partial charge in [0.15, 0.2) is 0 Å². The smallest absolute Gasteiger partial charge is 0.123 e. The molecule has 0 aliphatic heterocycles. The Morgan fingerprint density at radius 2 is 1.83 bits per heavy atom. The molecule has 0 radical (unpaired) electrons. The molecule has 1 nitrogen and oxygen atoms in total. The van der Waals surface area contributed by atoms with Gasteiger partial charge in [-0.1, -0.05) is 6.07 Å². The van der Waals surface area contributed by atoms with Gasteiger partial charge in [0, 0.05) is 17.1 Å². The normalized spacial score (nSPS) is 10.4. The fourth-order valence-electron chi connectivity index (χ4n) is 1.76. The summed E-state index contributed by atoms with van der Waals surface area (Å²) in [6.45, 7) is 2.64. The lowest BCUT2D eigenvalue weighted by Gasteiger charge is -2.09. The molecule has 2 aromatic carbocycles. The third-order valence-electron chi connectivity index (χ3n) is 2.88. The molecule has 0 unspecified atom stereocenters. The van der Waals surface area contributed by atoms with Gasteiger partial charge in [-0.05, 0) is 60.7 Å². The number of rotatable bonds is 4. The highest BCUT2D eigenvalue weighted by atomic mass is 32.2. The summed E-state index contributed by atoms with van der Waals surface area (Å²) >= 11 is 1.73. The zero-order valence-corrected chi connectivity index (χ0v) is 11.4. The number of anilines is 1. The molecule has 0 aromatic heterocycles. The molecule has 0 saturated carbocycles. The summed E-state index contributed by atoms with van der Waals surface area (Å²) in [5, 5.41) is 3.34. The lowest BCUT2D eigenvalue weighted by atomic mass is 10.1. The van der Waals surface area contributed by atoms with Crippen LogP contribution in [0.4, 0.5) is 10.1 Å². The van der Waals surface area contributed by atoms with Crippen molar-refractivity contribution in [3.63, 3.8) is 0 Å². The van der Waals surface area contributed by atoms with E-state index in [-0.39, 0.29) is 5.82 Å². The van der Waals surface area contributed by atoms with Crippen LogP contribution in [-0.4, -0.2) is 6.26 Å². The van der Waals surface area contributed by atoms with Gasteiger partial charge in [0.25, 0.3) is 0 Å². The number of hydrogen-bond acceptors (Lipinski definition) is 2. The van der Waals surface area contributed by atoms with Crippen LogP contribution in [0.15, 0.2) is 47.4 Å². The second kappa shape index (κ2) is 5.91. The van der Waals surface area contributed by atoms with Gasteiger partial charge < -0.3 is 5.32 Å². The molecular weight excluding hydrogens is 245 g/mol. The van der Waals surface area contributed by atoms with Crippen molar-refractivity contribution in [1.82, 2.24) is 0 Å². The van der Waals surface area contributed by atoms with Crippen LogP contribution in [0.5, 0.6) is 0 Å². The first kappa shape index (κ1) is 13.0. The zero-order valence-electron chi connectivity index (χ0n) is 10.5. The van der Waals surface area contributed by atoms with E-state index in [2.05, 4.69) is 35.8 Å². The lowest BCUT2D eigenvalue weighted by Crippen LogP contribution is -2.01. The summed E-state index contributed by atoms with van der Waals surface area (Å²) < 4.78 is 13.0. The van der Waals surface area contributed by atoms with Crippen LogP contribution in [0.3, 0.4) is 0 Å². The number of halogens is 1. The lowest BCUT2D eigenvalue weighted by molar-refractivity contribution is 0.625. The first-order valence-corrected chi connectivity index (χ1v) is 7.04. The molecule has 2 aromatic rings. The molecule has 94 valence electrons. The van der Waals surface area contributed by atoms with Gasteiger partial charge in [0.2, 0.25) is 0 Å². The van der Waals surface area contributed by atoms with Crippen molar-refractivity contribution in [3.8, 4) is 0 Å². The van der Waals surface area contributed by atoms with E-state index < -0.39 is 0 Å². The highest BCUT2D eigenvalue weighted by molar-refractivity contribution is 7.98. The SMILES string of the molecule is CSc1ccc(NCc2ccc(F)cc2C)cc1. The first-order valence-electron chi connectivity index (χ1n) is 5.82. The number of nitrogens with one attached hydrogen (secondary N) is 1. The summed E-state index contributed by atoms with van der Waals surface area (Å²) in [7, 11) is 0. The molecule has 0 aliphatic rings. The van der Waals surface area contributed by atoms with E-state index in [1.54, 1.807) is 17.8 Å². The monoisotopic (exact) mass is 261 g/mol. The highest BCUT2D eigenvalue weighted by Crippen LogP contribution is 2.18. The number of benzene rings is 2. The summed E-state index contributed by atoms with van der Waals surface area (Å²) in [6.07, 6.45) is 2.06. The van der Waals surface area contributed by atoms with Gasteiger partial charge in [-0.15, -0.1) is 11.8 Å². The predicted octanol–water partition coefficient (Wildman–Crippen LogP) is 4.47. The molecule has 0 atom stereocenters. The quantitative estimate of drug-likeness (QED) is 0.815. The zero-order chi connectivity index (χ0) is 13.0. The fourth-order valence-corrected chi connectivity index (χ4v) is 2.17. The van der Waals surface area contributed by atoms with Crippen molar-refractivity contribution in [3.05, 3.63) is 59.4 Å². The number of thioether (sulfide) groups is 1. The van der Waals surface area contributed by atoms with Gasteiger partial charge in [0.05, 0.1) is 0 Å². The third-order valence-corrected chi connectivity index (χ3v) is 3.62. The molecular formula is C15H16FNS. The van der Waals surface area contributed by atoms with Crippen molar-refractivity contribution in [1.29, 1.82) is 0 Å². The Labute approximate surface area is 111 Å². The van der Waals surface area contributed by atoms with Crippen LogP contribution in [0, 0.1) is 12.7 Å². The van der Waals surface area contributed by atoms with Crippen LogP contribution in [0.2, 0.25) is 0 Å². The standard InChI is InChI=1S/C15H16FNS/c1-11-9-13(16)4-3-12(11)10-17-14-5-7-15(18-2)8-6-14/h3-9,17H,10H2,1-2H3. The van der Waals surface area contributed by atoms with Crippen molar-refractivity contribution >= 4 is 17.4 Å². The van der Waals surface area contributed by atoms with E-state index in [0.717, 1.165) is 16.8 Å². The first-order chi connectivity index (χ1) is 8.69. The van der Waals surface area contributed by atoms with E-state index in [4.69, 9.17) is 0 Å². The molecule has 0 aliphatic carbocycles. The van der Waals surface area contributed by atoms with Gasteiger partial charge >= 0.3 is 0 Å². The Morgan fingerprint density at radius 1 is 1.11 bits per heavy atom. The van der Waals surface area contributed by atoms with Crippen LogP contribution in [0.25, 0.3) is 0 Å². The van der Waals surface area contributed by atoms with Crippen molar-refractivity contribution in [2.75, 3.05) is 11.6 Å². The molecule has 0 amide bonds. The molecule has 0 spiro atoms. The summed E-state index contributed by atoms with van der Waals surface area (Å²) in [5.74, 6) is -0.180. The van der Waals surface area contributed by atoms with Crippen LogP contribution >= 0.6 is 11.8 Å². The van der Waals surface area contributed by atoms with Gasteiger partial charge in [-0.2, -0.15) is 0 Å². The maximum absolute atomic E-state index is 13.0. The Balaban J connectivity index is 2.02. The van der Waals surface area contributed by atoms with Crippen molar-refractivity contribution < 1.29 is 4.39 Å². The number of hydrogen-bond donors (Lipinski definition) is 1. The highest BCUT2D eigenvalue weighted by Gasteiger charge is 2.00. The second-order valence-corrected chi connectivity index (χ2v) is 5.03. The molecule has 0 saturated heterocycles. The summed E-state index contributed by atoms with van der Waals surface area (Å²) in [6, 6.07) is 13.2. The Kier molecular flexibility index (Phi) is 4.26. The average molecular weight is 261 g/mol. The summed E-state index contributed by atoms with van der Waals surface area (Å²) in [5.41, 5.74) is 3.17. The van der Waals surface area contributed by atoms with Gasteiger partial charge in [-0.25, -0.2) is 4.39 Å². The minimum absolute atomic E-state index is 0.180. The van der Waals surface area contributed by atoms with E-state index in [0.29, 0.717) is 6.54 Å². The average Bonchev–Trinajstić information content (AvgIpc) is 2.38. The fraction of sp³-hybridized carbons (Fsp3) is 0.200. The molecule has 0 bridgehead atoms. The number of aryl methyl sites for hydroxylation is 1. The Hall–Kier alpha value is -1.48. The molecule has 3 heteroatoms. The molecule has 0 fully saturated rings. The molecule has 0 heterocycles. The van der Waals surface area contributed by atoms with Gasteiger partial charge in [-0.3, -0.25) is 0 Å². The second-order valence-electron chi connectivity index (χ2n) is 4.15. The largest absolute Gasteiger partial charge is 0.381 e. The van der Waals surface area contributed by atoms with E-state index in [9.17, 15) is 4.39 Å². The van der Waals surface area contributed by atoms with Crippen LogP contribution < -0.4 is 5.32 Å². The molecule has 18 heavy (non-hydrogen) atoms. The minimum Gasteiger partial charge on any atom is -0.381 e. The maximum atomic E-state index is 13.0. The topological polar surface area (TPSA) is 12.0 Å². The summed E-state index contributed by atoms with van der Waals surface area (Å²) in [4.78, 5) is 1.25. The van der Waals surface area contributed by atoms with E-state index >= 15 is 0 Å². The Morgan fingerprint density at radius 3 is 2.44 bits per heavy atom. The Bertz CT molecular complexity index is 523. The van der Waals surface area contributed by atoms with Crippen LogP contribution in [-0.2, 0) is 6.54 Å². The predicted molar refractivity (Wildman–Crippen MR) is 76.7 cm³/mol. The van der Waals surface area contributed by atoms with Crippen molar-refractivity contribution in [2.45, 2.75) is 18.4 Å².